The molecule has 3 heteroatoms. The Hall–Kier alpha value is -1.61. The molecule has 0 unspecified atom stereocenters. The number of benzene rings is 1. The van der Waals surface area contributed by atoms with E-state index in [1.54, 1.807) is 0 Å². The molecule has 0 amide bonds. The molecule has 0 spiro atoms. The molecule has 0 bridgehead atoms. The molecule has 2 rings (SSSR count). The summed E-state index contributed by atoms with van der Waals surface area (Å²) < 4.78 is 0. The molecule has 1 aromatic carbocycles. The highest BCUT2D eigenvalue weighted by molar-refractivity contribution is 6.02. The number of nitrogens with zero attached hydrogens (tertiary/aromatic N) is 1. The van der Waals surface area contributed by atoms with E-state index in [2.05, 4.69) is 17.0 Å². The summed E-state index contributed by atoms with van der Waals surface area (Å²) >= 11 is 0. The van der Waals surface area contributed by atoms with Crippen LogP contribution in [0.4, 0.5) is 0 Å². The number of piperidine rings is 1. The minimum atomic E-state index is -0.553. The molecule has 3 nitrogen and oxygen atoms in total. The van der Waals surface area contributed by atoms with Crippen LogP contribution in [-0.4, -0.2) is 27.9 Å². The minimum Gasteiger partial charge on any atom is -0.515 e. The van der Waals surface area contributed by atoms with Crippen molar-refractivity contribution in [3.63, 3.8) is 0 Å². The number of carbonyl (C=O) groups is 1. The Morgan fingerprint density at radius 2 is 2.00 bits per heavy atom. The SMILES string of the molecule is CC1(C)C(=O)C(=CO)CCN1Cc1ccccc1. The van der Waals surface area contributed by atoms with Gasteiger partial charge in [0.15, 0.2) is 5.78 Å². The largest absolute Gasteiger partial charge is 0.515 e. The maximum Gasteiger partial charge on any atom is 0.181 e. The van der Waals surface area contributed by atoms with E-state index >= 15 is 0 Å². The van der Waals surface area contributed by atoms with Crippen molar-refractivity contribution < 1.29 is 9.90 Å². The quantitative estimate of drug-likeness (QED) is 0.643. The van der Waals surface area contributed by atoms with Crippen LogP contribution in [0, 0.1) is 0 Å². The zero-order valence-corrected chi connectivity index (χ0v) is 10.9. The first kappa shape index (κ1) is 12.8. The van der Waals surface area contributed by atoms with Crippen LogP contribution in [0.2, 0.25) is 0 Å². The van der Waals surface area contributed by atoms with Gasteiger partial charge in [0.1, 0.15) is 0 Å². The van der Waals surface area contributed by atoms with Crippen LogP contribution in [-0.2, 0) is 11.3 Å². The van der Waals surface area contributed by atoms with Crippen molar-refractivity contribution in [2.24, 2.45) is 0 Å². The first-order chi connectivity index (χ1) is 8.55. The van der Waals surface area contributed by atoms with Gasteiger partial charge in [0.2, 0.25) is 0 Å². The smallest absolute Gasteiger partial charge is 0.181 e. The monoisotopic (exact) mass is 245 g/mol. The van der Waals surface area contributed by atoms with E-state index in [0.29, 0.717) is 12.0 Å². The summed E-state index contributed by atoms with van der Waals surface area (Å²) in [6.45, 7) is 5.39. The fourth-order valence-corrected chi connectivity index (χ4v) is 2.39. The van der Waals surface area contributed by atoms with E-state index < -0.39 is 5.54 Å². The molecular formula is C15H19NO2. The van der Waals surface area contributed by atoms with E-state index in [0.717, 1.165) is 19.4 Å². The third kappa shape index (κ3) is 2.31. The van der Waals surface area contributed by atoms with Crippen molar-refractivity contribution >= 4 is 5.78 Å². The Kier molecular flexibility index (Phi) is 3.53. The Balaban J connectivity index is 2.18. The second-order valence-electron chi connectivity index (χ2n) is 5.20. The highest BCUT2D eigenvalue weighted by Gasteiger charge is 2.39. The van der Waals surface area contributed by atoms with Crippen LogP contribution in [0.15, 0.2) is 42.2 Å². The number of hydrogen-bond donors (Lipinski definition) is 1. The Morgan fingerprint density at radius 1 is 1.33 bits per heavy atom. The average molecular weight is 245 g/mol. The highest BCUT2D eigenvalue weighted by atomic mass is 16.2. The first-order valence-electron chi connectivity index (χ1n) is 6.22. The zero-order valence-electron chi connectivity index (χ0n) is 10.9. The van der Waals surface area contributed by atoms with Crippen LogP contribution >= 0.6 is 0 Å². The average Bonchev–Trinajstić information content (AvgIpc) is 2.37. The molecule has 96 valence electrons. The maximum absolute atomic E-state index is 12.2. The van der Waals surface area contributed by atoms with Gasteiger partial charge in [-0.15, -0.1) is 0 Å². The van der Waals surface area contributed by atoms with Crippen molar-refractivity contribution in [1.82, 2.24) is 4.90 Å². The van der Waals surface area contributed by atoms with E-state index in [9.17, 15) is 4.79 Å². The molecule has 1 aliphatic heterocycles. The van der Waals surface area contributed by atoms with Gasteiger partial charge in [-0.2, -0.15) is 0 Å². The fraction of sp³-hybridized carbons (Fsp3) is 0.400. The van der Waals surface area contributed by atoms with Crippen molar-refractivity contribution in [3.8, 4) is 0 Å². The number of ketones is 1. The van der Waals surface area contributed by atoms with Crippen LogP contribution in [0.25, 0.3) is 0 Å². The lowest BCUT2D eigenvalue weighted by molar-refractivity contribution is -0.128. The first-order valence-corrected chi connectivity index (χ1v) is 6.22. The number of Topliss-reactive ketones (excluding diaryl/α,β-unsaturated/α-hetero) is 1. The molecule has 1 N–H and O–H groups in total. The van der Waals surface area contributed by atoms with Gasteiger partial charge in [0, 0.05) is 18.7 Å². The van der Waals surface area contributed by atoms with Gasteiger partial charge >= 0.3 is 0 Å². The van der Waals surface area contributed by atoms with Gasteiger partial charge in [-0.1, -0.05) is 30.3 Å². The number of carbonyl (C=O) groups excluding carboxylic acids is 1. The van der Waals surface area contributed by atoms with Crippen molar-refractivity contribution in [2.75, 3.05) is 6.54 Å². The summed E-state index contributed by atoms with van der Waals surface area (Å²) in [6, 6.07) is 10.1. The van der Waals surface area contributed by atoms with Crippen molar-refractivity contribution in [1.29, 1.82) is 0 Å². The van der Waals surface area contributed by atoms with Crippen LogP contribution in [0.5, 0.6) is 0 Å². The van der Waals surface area contributed by atoms with Crippen LogP contribution in [0.1, 0.15) is 25.8 Å². The summed E-state index contributed by atoms with van der Waals surface area (Å²) in [5.74, 6) is 0.0205. The number of rotatable bonds is 2. The van der Waals surface area contributed by atoms with Gasteiger partial charge in [-0.25, -0.2) is 0 Å². The molecule has 0 aromatic heterocycles. The highest BCUT2D eigenvalue weighted by Crippen LogP contribution is 2.28. The Labute approximate surface area is 108 Å². The van der Waals surface area contributed by atoms with Gasteiger partial charge < -0.3 is 5.11 Å². The third-order valence-electron chi connectivity index (χ3n) is 3.66. The summed E-state index contributed by atoms with van der Waals surface area (Å²) in [6.07, 6.45) is 1.58. The lowest BCUT2D eigenvalue weighted by Gasteiger charge is -2.41. The minimum absolute atomic E-state index is 0.0205. The summed E-state index contributed by atoms with van der Waals surface area (Å²) in [4.78, 5) is 14.4. The molecule has 18 heavy (non-hydrogen) atoms. The normalized spacial score (nSPS) is 22.3. The second-order valence-corrected chi connectivity index (χ2v) is 5.20. The standard InChI is InChI=1S/C15H19NO2/c1-15(2)14(18)13(11-17)8-9-16(15)10-12-6-4-3-5-7-12/h3-7,11,17H,8-10H2,1-2H3. The molecule has 1 fully saturated rings. The van der Waals surface area contributed by atoms with Gasteiger partial charge in [-0.3, -0.25) is 9.69 Å². The van der Waals surface area contributed by atoms with Crippen molar-refractivity contribution in [2.45, 2.75) is 32.4 Å². The van der Waals surface area contributed by atoms with Crippen LogP contribution < -0.4 is 0 Å². The molecule has 0 aliphatic carbocycles. The van der Waals surface area contributed by atoms with E-state index in [-0.39, 0.29) is 5.78 Å². The lowest BCUT2D eigenvalue weighted by Crippen LogP contribution is -2.54. The molecule has 1 aromatic rings. The fourth-order valence-electron chi connectivity index (χ4n) is 2.39. The summed E-state index contributed by atoms with van der Waals surface area (Å²) in [5.41, 5.74) is 1.18. The maximum atomic E-state index is 12.2. The van der Waals surface area contributed by atoms with Gasteiger partial charge in [0.05, 0.1) is 11.8 Å². The summed E-state index contributed by atoms with van der Waals surface area (Å²) in [5, 5.41) is 9.07. The molecule has 0 atom stereocenters. The van der Waals surface area contributed by atoms with Crippen molar-refractivity contribution in [3.05, 3.63) is 47.7 Å². The molecule has 0 radical (unpaired) electrons. The number of likely N-dealkylation sites (tertiary alicyclic amines) is 1. The van der Waals surface area contributed by atoms with E-state index in [1.807, 2.05) is 32.0 Å². The number of aliphatic hydroxyl groups excluding tert-OH is 1. The molecule has 1 saturated heterocycles. The Morgan fingerprint density at radius 3 is 2.61 bits per heavy atom. The number of hydrogen-bond acceptors (Lipinski definition) is 3. The topological polar surface area (TPSA) is 40.5 Å². The second kappa shape index (κ2) is 4.94. The van der Waals surface area contributed by atoms with Gasteiger partial charge in [0.25, 0.3) is 0 Å². The van der Waals surface area contributed by atoms with Crippen LogP contribution in [0.3, 0.4) is 0 Å². The lowest BCUT2D eigenvalue weighted by atomic mass is 9.85. The third-order valence-corrected chi connectivity index (χ3v) is 3.66. The zero-order chi connectivity index (χ0) is 13.2. The number of aliphatic hydroxyl groups is 1. The molecule has 1 aliphatic rings. The predicted molar refractivity (Wildman–Crippen MR) is 71.3 cm³/mol. The summed E-state index contributed by atoms with van der Waals surface area (Å²) in [7, 11) is 0. The van der Waals surface area contributed by atoms with E-state index in [4.69, 9.17) is 5.11 Å². The molecular weight excluding hydrogens is 226 g/mol. The van der Waals surface area contributed by atoms with E-state index in [1.165, 1.54) is 5.56 Å². The predicted octanol–water partition coefficient (Wildman–Crippen LogP) is 2.68. The Bertz CT molecular complexity index is 463. The molecule has 1 heterocycles. The van der Waals surface area contributed by atoms with Gasteiger partial charge in [-0.05, 0) is 25.8 Å². The molecule has 0 saturated carbocycles.